The maximum Gasteiger partial charge on any atom is 0.259 e. The lowest BCUT2D eigenvalue weighted by Crippen LogP contribution is -2.50. The summed E-state index contributed by atoms with van der Waals surface area (Å²) >= 11 is 0. The molecule has 2 unspecified atom stereocenters. The van der Waals surface area contributed by atoms with E-state index in [0.717, 1.165) is 25.7 Å². The number of piperidine rings is 1. The van der Waals surface area contributed by atoms with Gasteiger partial charge in [0.2, 0.25) is 0 Å². The van der Waals surface area contributed by atoms with E-state index in [-0.39, 0.29) is 11.9 Å². The molecule has 2 aliphatic rings. The number of fused-ring (bicyclic) bond motifs is 2. The van der Waals surface area contributed by atoms with Crippen molar-refractivity contribution >= 4 is 5.91 Å². The topological polar surface area (TPSA) is 72.4 Å². The maximum absolute atomic E-state index is 12.4. The normalized spacial score (nSPS) is 31.9. The van der Waals surface area contributed by atoms with Crippen LogP contribution in [0.3, 0.4) is 0 Å². The zero-order valence-corrected chi connectivity index (χ0v) is 9.93. The van der Waals surface area contributed by atoms with Crippen LogP contribution in [0.15, 0.2) is 10.7 Å². The summed E-state index contributed by atoms with van der Waals surface area (Å²) in [5.74, 6) is 0.660. The molecule has 0 aromatic carbocycles. The number of carbonyl (C=O) groups is 1. The molecule has 0 aliphatic carbocycles. The molecule has 2 aliphatic heterocycles. The number of hydrogen-bond acceptors (Lipinski definition) is 4. The Bertz CT molecular complexity index is 429. The minimum absolute atomic E-state index is 0.0585. The van der Waals surface area contributed by atoms with Crippen LogP contribution in [0.2, 0.25) is 0 Å². The van der Waals surface area contributed by atoms with Gasteiger partial charge in [0, 0.05) is 18.1 Å². The molecule has 2 saturated heterocycles. The molecule has 92 valence electrons. The zero-order chi connectivity index (χ0) is 12.0. The van der Waals surface area contributed by atoms with Gasteiger partial charge in [0.25, 0.3) is 5.91 Å². The highest BCUT2D eigenvalue weighted by Gasteiger charge is 2.43. The molecular weight excluding hydrogens is 218 g/mol. The van der Waals surface area contributed by atoms with Crippen molar-refractivity contribution in [3.8, 4) is 0 Å². The van der Waals surface area contributed by atoms with Crippen molar-refractivity contribution in [1.82, 2.24) is 10.1 Å². The molecule has 0 radical (unpaired) electrons. The molecule has 2 N–H and O–H groups in total. The van der Waals surface area contributed by atoms with Gasteiger partial charge < -0.3 is 15.2 Å². The van der Waals surface area contributed by atoms with Crippen molar-refractivity contribution in [1.29, 1.82) is 0 Å². The van der Waals surface area contributed by atoms with E-state index in [1.54, 1.807) is 6.92 Å². The van der Waals surface area contributed by atoms with Gasteiger partial charge in [-0.3, -0.25) is 4.79 Å². The third-order valence-electron chi connectivity index (χ3n) is 3.99. The Morgan fingerprint density at radius 1 is 1.47 bits per heavy atom. The summed E-state index contributed by atoms with van der Waals surface area (Å²) in [5.41, 5.74) is 6.59. The second kappa shape index (κ2) is 3.84. The molecule has 2 fully saturated rings. The first kappa shape index (κ1) is 10.8. The second-order valence-electron chi connectivity index (χ2n) is 5.12. The maximum atomic E-state index is 12.4. The molecule has 0 saturated carbocycles. The van der Waals surface area contributed by atoms with Crippen LogP contribution in [0.5, 0.6) is 0 Å². The first-order chi connectivity index (χ1) is 8.16. The fourth-order valence-electron chi connectivity index (χ4n) is 3.19. The highest BCUT2D eigenvalue weighted by Crippen LogP contribution is 2.36. The summed E-state index contributed by atoms with van der Waals surface area (Å²) in [5, 5.41) is 3.68. The van der Waals surface area contributed by atoms with Gasteiger partial charge in [0.05, 0.1) is 6.20 Å². The lowest BCUT2D eigenvalue weighted by molar-refractivity contribution is 0.0573. The quantitative estimate of drug-likeness (QED) is 0.790. The van der Waals surface area contributed by atoms with E-state index in [9.17, 15) is 4.79 Å². The van der Waals surface area contributed by atoms with Crippen LogP contribution in [0.1, 0.15) is 41.8 Å². The van der Waals surface area contributed by atoms with Gasteiger partial charge in [-0.2, -0.15) is 0 Å². The molecule has 2 atom stereocenters. The Labute approximate surface area is 99.9 Å². The summed E-state index contributed by atoms with van der Waals surface area (Å²) in [7, 11) is 0. The number of nitrogens with two attached hydrogens (primary N) is 1. The summed E-state index contributed by atoms with van der Waals surface area (Å²) in [6.45, 7) is 1.78. The minimum atomic E-state index is 0.0585. The number of rotatable bonds is 1. The van der Waals surface area contributed by atoms with E-state index >= 15 is 0 Å². The molecule has 1 amide bonds. The smallest absolute Gasteiger partial charge is 0.259 e. The number of nitrogens with zero attached hydrogens (tertiary/aromatic N) is 2. The third kappa shape index (κ3) is 1.65. The van der Waals surface area contributed by atoms with Crippen molar-refractivity contribution in [3.63, 3.8) is 0 Å². The zero-order valence-electron chi connectivity index (χ0n) is 9.93. The highest BCUT2D eigenvalue weighted by atomic mass is 16.5. The summed E-state index contributed by atoms with van der Waals surface area (Å²) in [4.78, 5) is 14.4. The molecule has 17 heavy (non-hydrogen) atoms. The third-order valence-corrected chi connectivity index (χ3v) is 3.99. The predicted molar refractivity (Wildman–Crippen MR) is 61.4 cm³/mol. The molecule has 1 aromatic heterocycles. The van der Waals surface area contributed by atoms with Crippen molar-refractivity contribution < 1.29 is 9.32 Å². The summed E-state index contributed by atoms with van der Waals surface area (Å²) in [6, 6.07) is 0.872. The molecule has 2 bridgehead atoms. The summed E-state index contributed by atoms with van der Waals surface area (Å²) < 4.78 is 4.97. The van der Waals surface area contributed by atoms with Gasteiger partial charge in [-0.25, -0.2) is 0 Å². The van der Waals surface area contributed by atoms with Gasteiger partial charge in [-0.1, -0.05) is 5.16 Å². The monoisotopic (exact) mass is 235 g/mol. The van der Waals surface area contributed by atoms with Crippen LogP contribution in [0.4, 0.5) is 0 Å². The predicted octanol–water partition coefficient (Wildman–Crippen LogP) is 1.08. The number of amides is 1. The van der Waals surface area contributed by atoms with E-state index in [4.69, 9.17) is 10.3 Å². The minimum Gasteiger partial charge on any atom is -0.361 e. The lowest BCUT2D eigenvalue weighted by Gasteiger charge is -2.37. The Morgan fingerprint density at radius 3 is 2.65 bits per heavy atom. The average molecular weight is 235 g/mol. The molecule has 1 aromatic rings. The van der Waals surface area contributed by atoms with Crippen LogP contribution in [-0.2, 0) is 0 Å². The van der Waals surface area contributed by atoms with Crippen LogP contribution in [0, 0.1) is 6.92 Å². The van der Waals surface area contributed by atoms with Crippen molar-refractivity contribution in [2.45, 2.75) is 50.7 Å². The molecule has 5 heteroatoms. The van der Waals surface area contributed by atoms with Gasteiger partial charge in [0.15, 0.2) is 0 Å². The van der Waals surface area contributed by atoms with Gasteiger partial charge >= 0.3 is 0 Å². The number of aryl methyl sites for hydroxylation is 1. The van der Waals surface area contributed by atoms with E-state index in [1.165, 1.54) is 6.20 Å². The van der Waals surface area contributed by atoms with Crippen LogP contribution < -0.4 is 5.73 Å². The van der Waals surface area contributed by atoms with E-state index < -0.39 is 0 Å². The molecule has 3 rings (SSSR count). The SMILES string of the molecule is Cc1oncc1C(=O)N1C2CCC1CC(N)C2. The van der Waals surface area contributed by atoms with Crippen LogP contribution >= 0.6 is 0 Å². The highest BCUT2D eigenvalue weighted by molar-refractivity contribution is 5.95. The first-order valence-corrected chi connectivity index (χ1v) is 6.16. The van der Waals surface area contributed by atoms with Crippen LogP contribution in [-0.4, -0.2) is 34.1 Å². The van der Waals surface area contributed by atoms with Crippen molar-refractivity contribution in [2.24, 2.45) is 5.73 Å². The number of aromatic nitrogens is 1. The van der Waals surface area contributed by atoms with Gasteiger partial charge in [-0.05, 0) is 32.6 Å². The van der Waals surface area contributed by atoms with Crippen LogP contribution in [0.25, 0.3) is 0 Å². The van der Waals surface area contributed by atoms with Crippen molar-refractivity contribution in [2.75, 3.05) is 0 Å². The standard InChI is InChI=1S/C12H17N3O2/c1-7-11(6-14-17-7)12(16)15-9-2-3-10(15)5-8(13)4-9/h6,8-10H,2-5,13H2,1H3. The Hall–Kier alpha value is -1.36. The number of hydrogen-bond donors (Lipinski definition) is 1. The largest absolute Gasteiger partial charge is 0.361 e. The Kier molecular flexibility index (Phi) is 2.43. The second-order valence-corrected chi connectivity index (χ2v) is 5.12. The first-order valence-electron chi connectivity index (χ1n) is 6.16. The fourth-order valence-corrected chi connectivity index (χ4v) is 3.19. The Morgan fingerprint density at radius 2 is 2.12 bits per heavy atom. The van der Waals surface area contributed by atoms with Gasteiger partial charge in [-0.15, -0.1) is 0 Å². The summed E-state index contributed by atoms with van der Waals surface area (Å²) in [6.07, 6.45) is 5.52. The molecular formula is C12H17N3O2. The Balaban J connectivity index is 1.86. The van der Waals surface area contributed by atoms with E-state index in [1.807, 2.05) is 4.90 Å². The van der Waals surface area contributed by atoms with E-state index in [2.05, 4.69) is 5.16 Å². The number of carbonyl (C=O) groups excluding carboxylic acids is 1. The lowest BCUT2D eigenvalue weighted by atomic mass is 9.97. The molecule has 0 spiro atoms. The average Bonchev–Trinajstić information content (AvgIpc) is 2.81. The van der Waals surface area contributed by atoms with Gasteiger partial charge in [0.1, 0.15) is 11.3 Å². The van der Waals surface area contributed by atoms with Crippen molar-refractivity contribution in [3.05, 3.63) is 17.5 Å². The van der Waals surface area contributed by atoms with E-state index in [0.29, 0.717) is 23.4 Å². The molecule has 5 nitrogen and oxygen atoms in total. The fraction of sp³-hybridized carbons (Fsp3) is 0.667. The molecule has 3 heterocycles.